The molecule has 3 rings (SSSR count). The molecule has 7 heteroatoms. The number of aryl methyl sites for hydroxylation is 1. The molecule has 28 heavy (non-hydrogen) atoms. The second-order valence-corrected chi connectivity index (χ2v) is 8.98. The van der Waals surface area contributed by atoms with Gasteiger partial charge in [-0.1, -0.05) is 32.9 Å². The lowest BCUT2D eigenvalue weighted by atomic mass is 9.92. The molecule has 1 fully saturated rings. The van der Waals surface area contributed by atoms with Crippen molar-refractivity contribution in [1.82, 2.24) is 9.88 Å². The molecule has 0 aliphatic carbocycles. The first-order valence-corrected chi connectivity index (χ1v) is 10.2. The molecule has 0 bridgehead atoms. The number of likely N-dealkylation sites (tertiary alicyclic amines) is 1. The van der Waals surface area contributed by atoms with Crippen LogP contribution in [0.4, 0.5) is 5.69 Å². The summed E-state index contributed by atoms with van der Waals surface area (Å²) in [6.45, 7) is 9.39. The van der Waals surface area contributed by atoms with Crippen LogP contribution in [-0.4, -0.2) is 46.5 Å². The van der Waals surface area contributed by atoms with Crippen molar-refractivity contribution in [3.05, 3.63) is 35.5 Å². The standard InChI is InChI=1S/C11H10N2OS.C10H19NO2/c1-8-11(15-7-13-8)9-2-4-10(5-3-9)12-6-14;1-10(2,3)6-9(13)11-5-4-8(12)7-11/h2-7H,1H3,(H,12,14);8,12H,4-7H2,1-3H3. The number of rotatable bonds is 4. The number of β-amino-alcohol motifs (C(OH)–C–C–N with tert-alkyl or cyclic N) is 1. The summed E-state index contributed by atoms with van der Waals surface area (Å²) in [6, 6.07) is 7.71. The summed E-state index contributed by atoms with van der Waals surface area (Å²) in [6.07, 6.45) is 1.67. The molecule has 0 saturated carbocycles. The molecular formula is C21H29N3O3S. The van der Waals surface area contributed by atoms with Crippen LogP contribution in [0.15, 0.2) is 29.8 Å². The predicted molar refractivity (Wildman–Crippen MR) is 113 cm³/mol. The van der Waals surface area contributed by atoms with E-state index in [2.05, 4.69) is 31.1 Å². The van der Waals surface area contributed by atoms with E-state index in [4.69, 9.17) is 0 Å². The Kier molecular flexibility index (Phi) is 7.71. The Morgan fingerprint density at radius 1 is 1.36 bits per heavy atom. The van der Waals surface area contributed by atoms with Gasteiger partial charge in [0.2, 0.25) is 12.3 Å². The van der Waals surface area contributed by atoms with Gasteiger partial charge in [-0.2, -0.15) is 0 Å². The van der Waals surface area contributed by atoms with E-state index in [-0.39, 0.29) is 17.4 Å². The number of nitrogens with zero attached hydrogens (tertiary/aromatic N) is 2. The first-order valence-electron chi connectivity index (χ1n) is 9.36. The summed E-state index contributed by atoms with van der Waals surface area (Å²) in [4.78, 5) is 29.0. The summed E-state index contributed by atoms with van der Waals surface area (Å²) >= 11 is 1.62. The number of nitrogens with one attached hydrogen (secondary N) is 1. The van der Waals surface area contributed by atoms with E-state index in [1.54, 1.807) is 16.2 Å². The summed E-state index contributed by atoms with van der Waals surface area (Å²) in [5.74, 6) is 0.170. The van der Waals surface area contributed by atoms with E-state index >= 15 is 0 Å². The van der Waals surface area contributed by atoms with Crippen LogP contribution in [0.3, 0.4) is 0 Å². The monoisotopic (exact) mass is 403 g/mol. The maximum Gasteiger partial charge on any atom is 0.223 e. The van der Waals surface area contributed by atoms with Crippen LogP contribution in [0, 0.1) is 12.3 Å². The Morgan fingerprint density at radius 2 is 2.04 bits per heavy atom. The van der Waals surface area contributed by atoms with Gasteiger partial charge in [0.25, 0.3) is 0 Å². The van der Waals surface area contributed by atoms with Gasteiger partial charge >= 0.3 is 0 Å². The van der Waals surface area contributed by atoms with E-state index < -0.39 is 0 Å². The summed E-state index contributed by atoms with van der Waals surface area (Å²) in [5, 5.41) is 11.9. The lowest BCUT2D eigenvalue weighted by Gasteiger charge is -2.22. The van der Waals surface area contributed by atoms with Gasteiger partial charge in [0, 0.05) is 25.2 Å². The zero-order chi connectivity index (χ0) is 20.7. The number of hydrogen-bond acceptors (Lipinski definition) is 5. The van der Waals surface area contributed by atoms with Crippen molar-refractivity contribution >= 4 is 29.3 Å². The first-order chi connectivity index (χ1) is 13.2. The molecule has 1 aliphatic rings. The van der Waals surface area contributed by atoms with Crippen molar-refractivity contribution in [3.63, 3.8) is 0 Å². The Morgan fingerprint density at radius 3 is 2.50 bits per heavy atom. The Bertz CT molecular complexity index is 781. The lowest BCUT2D eigenvalue weighted by molar-refractivity contribution is -0.132. The minimum absolute atomic E-state index is 0.0463. The molecule has 0 radical (unpaired) electrons. The second-order valence-electron chi connectivity index (χ2n) is 8.13. The lowest BCUT2D eigenvalue weighted by Crippen LogP contribution is -2.32. The fourth-order valence-electron chi connectivity index (χ4n) is 2.90. The molecule has 2 amide bonds. The number of anilines is 1. The van der Waals surface area contributed by atoms with Crippen molar-refractivity contribution in [2.45, 2.75) is 46.6 Å². The molecule has 1 unspecified atom stereocenters. The third-order valence-corrected chi connectivity index (χ3v) is 5.29. The molecule has 1 aromatic carbocycles. The van der Waals surface area contributed by atoms with Crippen LogP contribution < -0.4 is 5.32 Å². The van der Waals surface area contributed by atoms with Gasteiger partial charge < -0.3 is 15.3 Å². The molecule has 6 nitrogen and oxygen atoms in total. The maximum absolute atomic E-state index is 11.6. The van der Waals surface area contributed by atoms with Crippen LogP contribution in [0.25, 0.3) is 10.4 Å². The normalized spacial score (nSPS) is 16.3. The molecule has 2 aromatic rings. The van der Waals surface area contributed by atoms with Gasteiger partial charge in [-0.05, 0) is 36.5 Å². The van der Waals surface area contributed by atoms with Gasteiger partial charge in [-0.15, -0.1) is 11.3 Å². The Balaban J connectivity index is 0.000000203. The van der Waals surface area contributed by atoms with Gasteiger partial charge in [0.1, 0.15) is 0 Å². The van der Waals surface area contributed by atoms with Crippen LogP contribution in [0.2, 0.25) is 0 Å². The number of aliphatic hydroxyl groups is 1. The smallest absolute Gasteiger partial charge is 0.223 e. The largest absolute Gasteiger partial charge is 0.391 e. The van der Waals surface area contributed by atoms with E-state index in [0.29, 0.717) is 19.4 Å². The summed E-state index contributed by atoms with van der Waals surface area (Å²) in [7, 11) is 0. The molecule has 0 spiro atoms. The third kappa shape index (κ3) is 6.73. The van der Waals surface area contributed by atoms with Gasteiger partial charge in [0.05, 0.1) is 22.2 Å². The quantitative estimate of drug-likeness (QED) is 0.763. The number of aliphatic hydroxyl groups excluding tert-OH is 1. The van der Waals surface area contributed by atoms with Crippen LogP contribution in [-0.2, 0) is 9.59 Å². The third-order valence-electron chi connectivity index (χ3n) is 4.32. The number of amides is 2. The Hall–Kier alpha value is -2.25. The number of thiazole rings is 1. The zero-order valence-electron chi connectivity index (χ0n) is 16.9. The van der Waals surface area contributed by atoms with Crippen LogP contribution in [0.5, 0.6) is 0 Å². The minimum atomic E-state index is -0.302. The highest BCUT2D eigenvalue weighted by molar-refractivity contribution is 7.13. The number of carbonyl (C=O) groups excluding carboxylic acids is 2. The number of carbonyl (C=O) groups is 2. The fourth-order valence-corrected chi connectivity index (χ4v) is 3.71. The molecule has 1 aromatic heterocycles. The highest BCUT2D eigenvalue weighted by atomic mass is 32.1. The number of aromatic nitrogens is 1. The number of benzene rings is 1. The molecular weight excluding hydrogens is 374 g/mol. The Labute approximate surface area is 170 Å². The van der Waals surface area contributed by atoms with Gasteiger partial charge in [-0.25, -0.2) is 4.98 Å². The second kappa shape index (κ2) is 9.80. The van der Waals surface area contributed by atoms with E-state index in [0.717, 1.165) is 29.9 Å². The highest BCUT2D eigenvalue weighted by Crippen LogP contribution is 2.27. The average Bonchev–Trinajstić information content (AvgIpc) is 3.24. The SMILES string of the molecule is CC(C)(C)CC(=O)N1CCC(O)C1.Cc1ncsc1-c1ccc(NC=O)cc1. The highest BCUT2D eigenvalue weighted by Gasteiger charge is 2.27. The van der Waals surface area contributed by atoms with Gasteiger partial charge in [-0.3, -0.25) is 9.59 Å². The maximum atomic E-state index is 11.6. The summed E-state index contributed by atoms with van der Waals surface area (Å²) < 4.78 is 0. The molecule has 1 aliphatic heterocycles. The fraction of sp³-hybridized carbons (Fsp3) is 0.476. The average molecular weight is 404 g/mol. The number of hydrogen-bond donors (Lipinski definition) is 2. The van der Waals surface area contributed by atoms with E-state index in [1.165, 1.54) is 4.88 Å². The molecule has 1 atom stereocenters. The summed E-state index contributed by atoms with van der Waals surface area (Å²) in [5.41, 5.74) is 4.85. The van der Waals surface area contributed by atoms with Crippen molar-refractivity contribution in [2.75, 3.05) is 18.4 Å². The first kappa shape index (κ1) is 22.0. The van der Waals surface area contributed by atoms with E-state index in [9.17, 15) is 14.7 Å². The molecule has 1 saturated heterocycles. The minimum Gasteiger partial charge on any atom is -0.391 e. The van der Waals surface area contributed by atoms with Crippen molar-refractivity contribution in [2.24, 2.45) is 5.41 Å². The van der Waals surface area contributed by atoms with Gasteiger partial charge in [0.15, 0.2) is 0 Å². The molecule has 2 heterocycles. The van der Waals surface area contributed by atoms with Crippen molar-refractivity contribution < 1.29 is 14.7 Å². The topological polar surface area (TPSA) is 82.5 Å². The molecule has 2 N–H and O–H groups in total. The van der Waals surface area contributed by atoms with E-state index in [1.807, 2.05) is 36.7 Å². The van der Waals surface area contributed by atoms with Crippen LogP contribution >= 0.6 is 11.3 Å². The zero-order valence-corrected chi connectivity index (χ0v) is 17.8. The van der Waals surface area contributed by atoms with Crippen LogP contribution in [0.1, 0.15) is 39.3 Å². The van der Waals surface area contributed by atoms with Crippen molar-refractivity contribution in [1.29, 1.82) is 0 Å². The predicted octanol–water partition coefficient (Wildman–Crippen LogP) is 3.70. The molecule has 152 valence electrons. The van der Waals surface area contributed by atoms with Crippen molar-refractivity contribution in [3.8, 4) is 10.4 Å².